The summed E-state index contributed by atoms with van der Waals surface area (Å²) in [5.74, 6) is -0.873. The fourth-order valence-corrected chi connectivity index (χ4v) is 1.94. The van der Waals surface area contributed by atoms with Gasteiger partial charge in [0, 0.05) is 11.3 Å². The minimum Gasteiger partial charge on any atom is -0.481 e. The van der Waals surface area contributed by atoms with Crippen LogP contribution in [0.4, 0.5) is 5.69 Å². The van der Waals surface area contributed by atoms with Gasteiger partial charge in [0.15, 0.2) is 0 Å². The highest BCUT2D eigenvalue weighted by Crippen LogP contribution is 2.24. The lowest BCUT2D eigenvalue weighted by molar-refractivity contribution is -0.385. The number of carbonyl (C=O) groups is 1. The van der Waals surface area contributed by atoms with E-state index in [1.54, 1.807) is 6.92 Å². The maximum absolute atomic E-state index is 10.4. The molecule has 0 saturated carbocycles. The molecule has 0 aliphatic heterocycles. The number of nitrogens with zero attached hydrogens (tertiary/aromatic N) is 2. The third-order valence-electron chi connectivity index (χ3n) is 1.72. The van der Waals surface area contributed by atoms with Gasteiger partial charge in [0.25, 0.3) is 5.69 Å². The fourth-order valence-electron chi connectivity index (χ4n) is 1.04. The first-order valence-corrected chi connectivity index (χ1v) is 5.36. The van der Waals surface area contributed by atoms with Crippen molar-refractivity contribution < 1.29 is 14.8 Å². The van der Waals surface area contributed by atoms with E-state index in [0.717, 1.165) is 6.20 Å². The Morgan fingerprint density at radius 1 is 1.69 bits per heavy atom. The average molecular weight is 242 g/mol. The molecule has 16 heavy (non-hydrogen) atoms. The van der Waals surface area contributed by atoms with E-state index in [4.69, 9.17) is 5.11 Å². The molecule has 1 heterocycles. The summed E-state index contributed by atoms with van der Waals surface area (Å²) >= 11 is 1.28. The summed E-state index contributed by atoms with van der Waals surface area (Å²) in [6.45, 7) is 1.77. The normalized spacial score (nSPS) is 12.1. The van der Waals surface area contributed by atoms with Crippen LogP contribution in [-0.2, 0) is 4.79 Å². The van der Waals surface area contributed by atoms with Gasteiger partial charge in [-0.2, -0.15) is 0 Å². The molecule has 7 heteroatoms. The second kappa shape index (κ2) is 5.45. The van der Waals surface area contributed by atoms with Crippen LogP contribution in [0.3, 0.4) is 0 Å². The van der Waals surface area contributed by atoms with Crippen LogP contribution >= 0.6 is 11.8 Å². The number of nitro groups is 1. The van der Waals surface area contributed by atoms with E-state index in [1.807, 2.05) is 0 Å². The Kier molecular flexibility index (Phi) is 4.24. The lowest BCUT2D eigenvalue weighted by Gasteiger charge is -2.06. The van der Waals surface area contributed by atoms with E-state index in [2.05, 4.69) is 4.98 Å². The van der Waals surface area contributed by atoms with Crippen LogP contribution in [0, 0.1) is 10.1 Å². The van der Waals surface area contributed by atoms with Crippen molar-refractivity contribution in [2.45, 2.75) is 23.6 Å². The summed E-state index contributed by atoms with van der Waals surface area (Å²) in [6, 6.07) is 2.87. The predicted molar refractivity (Wildman–Crippen MR) is 58.5 cm³/mol. The van der Waals surface area contributed by atoms with Crippen molar-refractivity contribution in [1.29, 1.82) is 0 Å². The maximum atomic E-state index is 10.4. The van der Waals surface area contributed by atoms with E-state index in [0.29, 0.717) is 5.03 Å². The molecule has 1 atom stereocenters. The molecule has 6 nitrogen and oxygen atoms in total. The second-order valence-corrected chi connectivity index (χ2v) is 4.60. The van der Waals surface area contributed by atoms with Gasteiger partial charge in [0.1, 0.15) is 6.20 Å². The first-order valence-electron chi connectivity index (χ1n) is 4.48. The third-order valence-corrected chi connectivity index (χ3v) is 2.77. The van der Waals surface area contributed by atoms with Crippen molar-refractivity contribution in [3.8, 4) is 0 Å². The van der Waals surface area contributed by atoms with Crippen LogP contribution in [-0.4, -0.2) is 26.2 Å². The number of carboxylic acids is 1. The van der Waals surface area contributed by atoms with Gasteiger partial charge in [-0.3, -0.25) is 14.9 Å². The molecular formula is C9H10N2O4S. The Morgan fingerprint density at radius 2 is 2.38 bits per heavy atom. The first-order chi connectivity index (χ1) is 7.49. The summed E-state index contributed by atoms with van der Waals surface area (Å²) in [5.41, 5.74) is -0.0739. The van der Waals surface area contributed by atoms with Gasteiger partial charge < -0.3 is 5.11 Å². The van der Waals surface area contributed by atoms with Crippen LogP contribution in [0.2, 0.25) is 0 Å². The zero-order valence-electron chi connectivity index (χ0n) is 8.49. The molecule has 1 aromatic rings. The number of aromatic nitrogens is 1. The molecule has 1 N–H and O–H groups in total. The minimum absolute atomic E-state index is 0.0311. The Bertz CT molecular complexity index is 393. The predicted octanol–water partition coefficient (Wildman–Crippen LogP) is 1.95. The summed E-state index contributed by atoms with van der Waals surface area (Å²) in [5, 5.41) is 19.4. The molecule has 0 aliphatic rings. The van der Waals surface area contributed by atoms with Crippen molar-refractivity contribution in [1.82, 2.24) is 4.98 Å². The number of hydrogen-bond donors (Lipinski definition) is 1. The smallest absolute Gasteiger partial charge is 0.304 e. The van der Waals surface area contributed by atoms with Crippen molar-refractivity contribution in [2.75, 3.05) is 0 Å². The number of aliphatic carboxylic acids is 1. The Morgan fingerprint density at radius 3 is 2.81 bits per heavy atom. The molecule has 1 unspecified atom stereocenters. The summed E-state index contributed by atoms with van der Waals surface area (Å²) in [7, 11) is 0. The number of carboxylic acid groups (broad SMARTS) is 1. The van der Waals surface area contributed by atoms with Crippen LogP contribution < -0.4 is 0 Å². The molecule has 0 saturated heterocycles. The van der Waals surface area contributed by atoms with E-state index in [1.165, 1.54) is 23.9 Å². The van der Waals surface area contributed by atoms with Gasteiger partial charge in [-0.1, -0.05) is 6.92 Å². The first kappa shape index (κ1) is 12.4. The molecule has 0 spiro atoms. The van der Waals surface area contributed by atoms with E-state index in [-0.39, 0.29) is 17.4 Å². The largest absolute Gasteiger partial charge is 0.481 e. The van der Waals surface area contributed by atoms with Gasteiger partial charge in [0.2, 0.25) is 0 Å². The molecule has 0 bridgehead atoms. The zero-order valence-corrected chi connectivity index (χ0v) is 9.31. The highest BCUT2D eigenvalue weighted by atomic mass is 32.2. The van der Waals surface area contributed by atoms with Crippen LogP contribution in [0.1, 0.15) is 13.3 Å². The third kappa shape index (κ3) is 3.85. The van der Waals surface area contributed by atoms with E-state index >= 15 is 0 Å². The summed E-state index contributed by atoms with van der Waals surface area (Å²) in [6.07, 6.45) is 1.19. The molecule has 0 fully saturated rings. The minimum atomic E-state index is -0.873. The molecule has 1 aromatic heterocycles. The molecule has 0 amide bonds. The van der Waals surface area contributed by atoms with Gasteiger partial charge in [-0.05, 0) is 6.07 Å². The molecular weight excluding hydrogens is 232 g/mol. The standard InChI is InChI=1S/C9H10N2O4S/c1-6(4-9(12)13)16-8-3-2-7(5-10-8)11(14)15/h2-3,5-6H,4H2,1H3,(H,12,13). The Labute approximate surface area is 95.8 Å². The topological polar surface area (TPSA) is 93.3 Å². The van der Waals surface area contributed by atoms with Gasteiger partial charge in [0.05, 0.1) is 16.4 Å². The fraction of sp³-hybridized carbons (Fsp3) is 0.333. The molecule has 0 aromatic carbocycles. The molecule has 0 radical (unpaired) electrons. The average Bonchev–Trinajstić information content (AvgIpc) is 2.16. The highest BCUT2D eigenvalue weighted by Gasteiger charge is 2.11. The highest BCUT2D eigenvalue weighted by molar-refractivity contribution is 7.99. The van der Waals surface area contributed by atoms with Crippen LogP contribution in [0.15, 0.2) is 23.4 Å². The molecule has 0 aliphatic carbocycles. The van der Waals surface area contributed by atoms with Crippen LogP contribution in [0.25, 0.3) is 0 Å². The lowest BCUT2D eigenvalue weighted by atomic mass is 10.3. The lowest BCUT2D eigenvalue weighted by Crippen LogP contribution is -2.05. The van der Waals surface area contributed by atoms with Crippen molar-refractivity contribution >= 4 is 23.4 Å². The van der Waals surface area contributed by atoms with E-state index in [9.17, 15) is 14.9 Å². The summed E-state index contributed by atoms with van der Waals surface area (Å²) < 4.78 is 0. The number of thioether (sulfide) groups is 1. The van der Waals surface area contributed by atoms with Crippen molar-refractivity contribution in [3.63, 3.8) is 0 Å². The Hall–Kier alpha value is -1.63. The van der Waals surface area contributed by atoms with Gasteiger partial charge in [-0.25, -0.2) is 4.98 Å². The van der Waals surface area contributed by atoms with Crippen molar-refractivity contribution in [2.24, 2.45) is 0 Å². The van der Waals surface area contributed by atoms with Gasteiger partial charge in [-0.15, -0.1) is 11.8 Å². The maximum Gasteiger partial charge on any atom is 0.304 e. The second-order valence-electron chi connectivity index (χ2n) is 3.14. The number of hydrogen-bond acceptors (Lipinski definition) is 5. The van der Waals surface area contributed by atoms with Crippen molar-refractivity contribution in [3.05, 3.63) is 28.4 Å². The monoisotopic (exact) mass is 242 g/mol. The molecule has 86 valence electrons. The number of rotatable bonds is 5. The number of pyridine rings is 1. The zero-order chi connectivity index (χ0) is 12.1. The van der Waals surface area contributed by atoms with Gasteiger partial charge >= 0.3 is 5.97 Å². The SMILES string of the molecule is CC(CC(=O)O)Sc1ccc([N+](=O)[O-])cn1. The van der Waals surface area contributed by atoms with E-state index < -0.39 is 10.9 Å². The van der Waals surface area contributed by atoms with Crippen LogP contribution in [0.5, 0.6) is 0 Å². The molecule has 1 rings (SSSR count). The Balaban J connectivity index is 2.61. The quantitative estimate of drug-likeness (QED) is 0.482. The summed E-state index contributed by atoms with van der Waals surface area (Å²) in [4.78, 5) is 24.1.